The minimum atomic E-state index is -0.813. The van der Waals surface area contributed by atoms with Crippen LogP contribution in [0.15, 0.2) is 49.1 Å². The Balaban J connectivity index is 1.15. The Kier molecular flexibility index (Phi) is 7.18. The van der Waals surface area contributed by atoms with E-state index in [1.54, 1.807) is 4.90 Å². The smallest absolute Gasteiger partial charge is 0.318 e. The highest BCUT2D eigenvalue weighted by Crippen LogP contribution is 2.41. The standard InChI is InChI=1S/C32H36ClFN6O2/c1-2-28(41)39-16-21(17-39)15-35-30-24-10-13-38(27-9-4-7-22-6-3-8-25(33)29(22)27)19-26(24)36-31(37-30)42-20-32-11-5-12-40(32)18-23(34)14-32/h2-4,6-9,21,23H,1,5,10-20H2,(H,35,36,37)/t23-,32+/m1/s1. The molecule has 0 spiro atoms. The number of benzene rings is 2. The first-order valence-electron chi connectivity index (χ1n) is 14.9. The molecule has 4 aliphatic rings. The number of carbonyl (C=O) groups is 1. The zero-order chi connectivity index (χ0) is 28.8. The van der Waals surface area contributed by atoms with Gasteiger partial charge in [0.2, 0.25) is 5.91 Å². The first-order valence-corrected chi connectivity index (χ1v) is 15.3. The van der Waals surface area contributed by atoms with E-state index in [4.69, 9.17) is 26.3 Å². The maximum atomic E-state index is 14.4. The average Bonchev–Trinajstić information content (AvgIpc) is 3.50. The van der Waals surface area contributed by atoms with Gasteiger partial charge in [-0.15, -0.1) is 0 Å². The molecule has 0 radical (unpaired) electrons. The molecule has 3 fully saturated rings. The molecule has 0 aliphatic carbocycles. The SMILES string of the molecule is C=CC(=O)N1CC(CNc2nc(OC[C@@]34CCCN3C[C@H](F)C4)nc3c2CCN(c2cccc4cccc(Cl)c24)C3)C1. The molecule has 3 saturated heterocycles. The van der Waals surface area contributed by atoms with Crippen molar-refractivity contribution in [1.29, 1.82) is 0 Å². The first kappa shape index (κ1) is 27.4. The van der Waals surface area contributed by atoms with Crippen molar-refractivity contribution < 1.29 is 13.9 Å². The number of alkyl halides is 1. The number of ether oxygens (including phenoxy) is 1. The Morgan fingerprint density at radius 1 is 1.19 bits per heavy atom. The van der Waals surface area contributed by atoms with Crippen LogP contribution in [0.1, 0.15) is 30.5 Å². The number of anilines is 2. The van der Waals surface area contributed by atoms with Gasteiger partial charge in [-0.1, -0.05) is 42.4 Å². The maximum Gasteiger partial charge on any atom is 0.318 e. The van der Waals surface area contributed by atoms with Crippen LogP contribution in [0.2, 0.25) is 5.02 Å². The van der Waals surface area contributed by atoms with Gasteiger partial charge < -0.3 is 19.9 Å². The van der Waals surface area contributed by atoms with E-state index in [1.807, 2.05) is 12.1 Å². The highest BCUT2D eigenvalue weighted by Gasteiger charge is 2.49. The molecule has 1 N–H and O–H groups in total. The largest absolute Gasteiger partial charge is 0.461 e. The average molecular weight is 591 g/mol. The lowest BCUT2D eigenvalue weighted by Crippen LogP contribution is -2.51. The van der Waals surface area contributed by atoms with Gasteiger partial charge in [-0.3, -0.25) is 9.69 Å². The number of likely N-dealkylation sites (tertiary alicyclic amines) is 1. The number of nitrogens with one attached hydrogen (secondary N) is 1. The van der Waals surface area contributed by atoms with Crippen molar-refractivity contribution in [3.8, 4) is 6.01 Å². The number of hydrogen-bond acceptors (Lipinski definition) is 7. The Hall–Kier alpha value is -3.43. The molecule has 0 saturated carbocycles. The quantitative estimate of drug-likeness (QED) is 0.376. The molecule has 7 rings (SSSR count). The monoisotopic (exact) mass is 590 g/mol. The van der Waals surface area contributed by atoms with E-state index in [1.165, 1.54) is 6.08 Å². The number of aromatic nitrogens is 2. The predicted molar refractivity (Wildman–Crippen MR) is 163 cm³/mol. The summed E-state index contributed by atoms with van der Waals surface area (Å²) < 4.78 is 20.7. The molecule has 2 atom stereocenters. The summed E-state index contributed by atoms with van der Waals surface area (Å²) in [5.74, 6) is 1.10. The summed E-state index contributed by atoms with van der Waals surface area (Å²) in [5, 5.41) is 6.44. The molecule has 0 bridgehead atoms. The summed E-state index contributed by atoms with van der Waals surface area (Å²) in [4.78, 5) is 28.0. The molecule has 0 unspecified atom stereocenters. The van der Waals surface area contributed by atoms with Gasteiger partial charge in [0.25, 0.3) is 0 Å². The summed E-state index contributed by atoms with van der Waals surface area (Å²) in [7, 11) is 0. The number of carbonyl (C=O) groups excluding carboxylic acids is 1. The summed E-state index contributed by atoms with van der Waals surface area (Å²) in [6.07, 6.45) is 3.81. The lowest BCUT2D eigenvalue weighted by Gasteiger charge is -2.39. The summed E-state index contributed by atoms with van der Waals surface area (Å²) >= 11 is 6.68. The molecular weight excluding hydrogens is 555 g/mol. The topological polar surface area (TPSA) is 73.8 Å². The second-order valence-electron chi connectivity index (χ2n) is 12.1. The van der Waals surface area contributed by atoms with Gasteiger partial charge in [0.15, 0.2) is 0 Å². The second kappa shape index (κ2) is 11.0. The van der Waals surface area contributed by atoms with E-state index in [0.29, 0.717) is 57.7 Å². The molecule has 8 nitrogen and oxygen atoms in total. The highest BCUT2D eigenvalue weighted by atomic mass is 35.5. The first-order chi connectivity index (χ1) is 20.4. The Bertz CT molecular complexity index is 1530. The van der Waals surface area contributed by atoms with Crippen LogP contribution in [0.5, 0.6) is 6.01 Å². The van der Waals surface area contributed by atoms with Crippen molar-refractivity contribution in [3.63, 3.8) is 0 Å². The van der Waals surface area contributed by atoms with Gasteiger partial charge in [0, 0.05) is 61.7 Å². The molecule has 1 aromatic heterocycles. The van der Waals surface area contributed by atoms with Gasteiger partial charge in [-0.05, 0) is 49.4 Å². The van der Waals surface area contributed by atoms with Crippen LogP contribution in [-0.2, 0) is 17.8 Å². The minimum absolute atomic E-state index is 0.0299. The van der Waals surface area contributed by atoms with Crippen molar-refractivity contribution in [3.05, 3.63) is 65.3 Å². The molecule has 42 heavy (non-hydrogen) atoms. The van der Waals surface area contributed by atoms with Crippen LogP contribution < -0.4 is 15.0 Å². The van der Waals surface area contributed by atoms with Crippen molar-refractivity contribution in [1.82, 2.24) is 19.8 Å². The lowest BCUT2D eigenvalue weighted by molar-refractivity contribution is -0.131. The molecule has 1 amide bonds. The molecule has 2 aromatic carbocycles. The maximum absolute atomic E-state index is 14.4. The van der Waals surface area contributed by atoms with Crippen molar-refractivity contribution in [2.75, 3.05) is 56.1 Å². The van der Waals surface area contributed by atoms with Crippen molar-refractivity contribution >= 4 is 39.8 Å². The highest BCUT2D eigenvalue weighted by molar-refractivity contribution is 6.36. The van der Waals surface area contributed by atoms with Crippen LogP contribution in [0.25, 0.3) is 10.8 Å². The van der Waals surface area contributed by atoms with E-state index >= 15 is 0 Å². The van der Waals surface area contributed by atoms with Gasteiger partial charge in [-0.25, -0.2) is 4.39 Å². The number of hydrogen-bond donors (Lipinski definition) is 1. The summed E-state index contributed by atoms with van der Waals surface area (Å²) in [6, 6.07) is 12.6. The van der Waals surface area contributed by atoms with Crippen molar-refractivity contribution in [2.24, 2.45) is 5.92 Å². The zero-order valence-corrected chi connectivity index (χ0v) is 24.5. The number of halogens is 2. The van der Waals surface area contributed by atoms with Crippen LogP contribution in [0, 0.1) is 5.92 Å². The normalized spacial score (nSPS) is 23.9. The van der Waals surface area contributed by atoms with Gasteiger partial charge in [0.05, 0.1) is 22.8 Å². The Morgan fingerprint density at radius 3 is 2.86 bits per heavy atom. The van der Waals surface area contributed by atoms with Crippen LogP contribution >= 0.6 is 11.6 Å². The Labute approximate surface area is 250 Å². The Morgan fingerprint density at radius 2 is 2.02 bits per heavy atom. The molecule has 220 valence electrons. The molecule has 5 heterocycles. The zero-order valence-electron chi connectivity index (χ0n) is 23.7. The van der Waals surface area contributed by atoms with E-state index in [0.717, 1.165) is 70.9 Å². The summed E-state index contributed by atoms with van der Waals surface area (Å²) in [6.45, 7) is 8.87. The fourth-order valence-corrected chi connectivity index (χ4v) is 7.54. The van der Waals surface area contributed by atoms with Gasteiger partial charge in [-0.2, -0.15) is 9.97 Å². The third-order valence-electron chi connectivity index (χ3n) is 9.45. The third-order valence-corrected chi connectivity index (χ3v) is 9.76. The third kappa shape index (κ3) is 4.96. The minimum Gasteiger partial charge on any atom is -0.461 e. The fraction of sp³-hybridized carbons (Fsp3) is 0.469. The second-order valence-corrected chi connectivity index (χ2v) is 12.5. The molecule has 3 aromatic rings. The molecular formula is C32H36ClFN6O2. The van der Waals surface area contributed by atoms with Crippen LogP contribution in [0.4, 0.5) is 15.9 Å². The van der Waals surface area contributed by atoms with E-state index < -0.39 is 6.17 Å². The van der Waals surface area contributed by atoms with Crippen molar-refractivity contribution in [2.45, 2.75) is 43.9 Å². The predicted octanol–water partition coefficient (Wildman–Crippen LogP) is 4.86. The molecule has 4 aliphatic heterocycles. The van der Waals surface area contributed by atoms with Gasteiger partial charge >= 0.3 is 6.01 Å². The molecule has 10 heteroatoms. The number of rotatable bonds is 8. The van der Waals surface area contributed by atoms with Crippen LogP contribution in [-0.4, -0.2) is 83.3 Å². The fourth-order valence-electron chi connectivity index (χ4n) is 7.26. The number of amides is 1. The van der Waals surface area contributed by atoms with Crippen LogP contribution in [0.3, 0.4) is 0 Å². The van der Waals surface area contributed by atoms with E-state index in [-0.39, 0.29) is 11.4 Å². The lowest BCUT2D eigenvalue weighted by atomic mass is 9.95. The number of fused-ring (bicyclic) bond motifs is 3. The van der Waals surface area contributed by atoms with E-state index in [9.17, 15) is 9.18 Å². The van der Waals surface area contributed by atoms with E-state index in [2.05, 4.69) is 46.0 Å². The number of nitrogens with zero attached hydrogens (tertiary/aromatic N) is 5. The summed E-state index contributed by atoms with van der Waals surface area (Å²) in [5.41, 5.74) is 2.82. The van der Waals surface area contributed by atoms with Gasteiger partial charge in [0.1, 0.15) is 18.6 Å².